The van der Waals surface area contributed by atoms with E-state index in [0.717, 1.165) is 52.6 Å². The zero-order valence-corrected chi connectivity index (χ0v) is 17.2. The number of anilines is 1. The predicted molar refractivity (Wildman–Crippen MR) is 114 cm³/mol. The molecule has 3 aromatic rings. The van der Waals surface area contributed by atoms with Crippen LogP contribution < -0.4 is 15.0 Å². The summed E-state index contributed by atoms with van der Waals surface area (Å²) in [6, 6.07) is 12.2. The maximum atomic E-state index is 13.0. The van der Waals surface area contributed by atoms with E-state index in [9.17, 15) is 9.18 Å². The summed E-state index contributed by atoms with van der Waals surface area (Å²) < 4.78 is 19.7. The third-order valence-corrected chi connectivity index (χ3v) is 6.25. The number of aromatic nitrogens is 1. The Morgan fingerprint density at radius 3 is 2.72 bits per heavy atom. The zero-order valence-electron chi connectivity index (χ0n) is 16.4. The molecule has 152 valence electrons. The molecule has 1 aliphatic heterocycles. The van der Waals surface area contributed by atoms with Crippen molar-refractivity contribution in [2.45, 2.75) is 26.3 Å². The van der Waals surface area contributed by atoms with E-state index in [1.807, 2.05) is 25.1 Å². The summed E-state index contributed by atoms with van der Waals surface area (Å²) in [5.74, 6) is 0.674. The summed E-state index contributed by atoms with van der Waals surface area (Å²) in [7, 11) is 0. The second kappa shape index (κ2) is 8.78. The number of fused-ring (bicyclic) bond motifs is 1. The van der Waals surface area contributed by atoms with Crippen LogP contribution in [0.15, 0.2) is 42.5 Å². The van der Waals surface area contributed by atoms with Crippen molar-refractivity contribution in [2.24, 2.45) is 5.92 Å². The van der Waals surface area contributed by atoms with E-state index in [4.69, 9.17) is 9.72 Å². The first kappa shape index (κ1) is 19.6. The van der Waals surface area contributed by atoms with Crippen LogP contribution in [-0.2, 0) is 11.3 Å². The lowest BCUT2D eigenvalue weighted by atomic mass is 9.96. The van der Waals surface area contributed by atoms with Crippen LogP contribution in [0.4, 0.5) is 9.52 Å². The normalized spacial score (nSPS) is 14.9. The van der Waals surface area contributed by atoms with Gasteiger partial charge in [-0.1, -0.05) is 23.5 Å². The van der Waals surface area contributed by atoms with Gasteiger partial charge in [-0.25, -0.2) is 9.37 Å². The molecule has 1 aromatic heterocycles. The summed E-state index contributed by atoms with van der Waals surface area (Å²) in [5.41, 5.74) is 1.88. The standard InChI is InChI=1S/C22H24FN3O2S/c1-2-28-18-7-8-19-20(13-18)29-22(25-19)26-11-9-16(10-12-26)21(27)24-14-15-3-5-17(23)6-4-15/h3-8,13,16H,2,9-12,14H2,1H3,(H,24,27). The number of nitrogens with one attached hydrogen (secondary N) is 1. The van der Waals surface area contributed by atoms with Crippen molar-refractivity contribution in [1.29, 1.82) is 0 Å². The van der Waals surface area contributed by atoms with E-state index in [1.165, 1.54) is 12.1 Å². The molecule has 0 radical (unpaired) electrons. The summed E-state index contributed by atoms with van der Waals surface area (Å²) in [6.07, 6.45) is 1.60. The summed E-state index contributed by atoms with van der Waals surface area (Å²) in [5, 5.41) is 3.97. The van der Waals surface area contributed by atoms with Crippen LogP contribution >= 0.6 is 11.3 Å². The molecular formula is C22H24FN3O2S. The van der Waals surface area contributed by atoms with Crippen molar-refractivity contribution in [2.75, 3.05) is 24.6 Å². The van der Waals surface area contributed by atoms with Crippen LogP contribution in [0.2, 0.25) is 0 Å². The van der Waals surface area contributed by atoms with Gasteiger partial charge in [0, 0.05) is 25.6 Å². The Labute approximate surface area is 173 Å². The highest BCUT2D eigenvalue weighted by Crippen LogP contribution is 2.33. The molecule has 5 nitrogen and oxygen atoms in total. The lowest BCUT2D eigenvalue weighted by molar-refractivity contribution is -0.125. The Balaban J connectivity index is 1.32. The van der Waals surface area contributed by atoms with Gasteiger partial charge in [-0.3, -0.25) is 4.79 Å². The van der Waals surface area contributed by atoms with Crippen molar-refractivity contribution in [3.8, 4) is 5.75 Å². The number of rotatable bonds is 6. The summed E-state index contributed by atoms with van der Waals surface area (Å²) >= 11 is 1.67. The van der Waals surface area contributed by atoms with Gasteiger partial charge in [-0.05, 0) is 55.7 Å². The first-order chi connectivity index (χ1) is 14.1. The Morgan fingerprint density at radius 1 is 1.24 bits per heavy atom. The molecule has 0 spiro atoms. The minimum atomic E-state index is -0.267. The number of halogens is 1. The van der Waals surface area contributed by atoms with Gasteiger partial charge in [0.25, 0.3) is 0 Å². The Morgan fingerprint density at radius 2 is 2.00 bits per heavy atom. The van der Waals surface area contributed by atoms with Crippen LogP contribution in [-0.4, -0.2) is 30.6 Å². The molecule has 0 unspecified atom stereocenters. The molecule has 7 heteroatoms. The van der Waals surface area contributed by atoms with Gasteiger partial charge >= 0.3 is 0 Å². The number of ether oxygens (including phenoxy) is 1. The fraction of sp³-hybridized carbons (Fsp3) is 0.364. The molecule has 4 rings (SSSR count). The van der Waals surface area contributed by atoms with Crippen molar-refractivity contribution in [1.82, 2.24) is 10.3 Å². The van der Waals surface area contributed by atoms with Crippen molar-refractivity contribution in [3.63, 3.8) is 0 Å². The number of benzene rings is 2. The molecule has 1 N–H and O–H groups in total. The number of carbonyl (C=O) groups excluding carboxylic acids is 1. The number of thiazole rings is 1. The van der Waals surface area contributed by atoms with Crippen molar-refractivity contribution < 1.29 is 13.9 Å². The third kappa shape index (κ3) is 4.67. The van der Waals surface area contributed by atoms with Crippen LogP contribution in [0.5, 0.6) is 5.75 Å². The molecule has 2 aromatic carbocycles. The third-order valence-electron chi connectivity index (χ3n) is 5.18. The highest BCUT2D eigenvalue weighted by atomic mass is 32.1. The van der Waals surface area contributed by atoms with Crippen LogP contribution in [0.25, 0.3) is 10.2 Å². The number of nitrogens with zero attached hydrogens (tertiary/aromatic N) is 2. The second-order valence-electron chi connectivity index (χ2n) is 7.16. The van der Waals surface area contributed by atoms with Gasteiger partial charge in [0.15, 0.2) is 5.13 Å². The summed E-state index contributed by atoms with van der Waals surface area (Å²) in [4.78, 5) is 19.5. The highest BCUT2D eigenvalue weighted by molar-refractivity contribution is 7.22. The average Bonchev–Trinajstić information content (AvgIpc) is 3.17. The van der Waals surface area contributed by atoms with Crippen LogP contribution in [0, 0.1) is 11.7 Å². The molecule has 0 bridgehead atoms. The van der Waals surface area contributed by atoms with E-state index >= 15 is 0 Å². The van der Waals surface area contributed by atoms with Crippen molar-refractivity contribution >= 4 is 32.6 Å². The molecule has 0 saturated carbocycles. The smallest absolute Gasteiger partial charge is 0.223 e. The van der Waals surface area contributed by atoms with Gasteiger partial charge < -0.3 is 15.0 Å². The first-order valence-electron chi connectivity index (χ1n) is 9.93. The van der Waals surface area contributed by atoms with Gasteiger partial charge in [0.05, 0.1) is 16.8 Å². The van der Waals surface area contributed by atoms with Gasteiger partial charge in [0.2, 0.25) is 5.91 Å². The van der Waals surface area contributed by atoms with E-state index < -0.39 is 0 Å². The minimum absolute atomic E-state index is 0.00522. The first-order valence-corrected chi connectivity index (χ1v) is 10.7. The highest BCUT2D eigenvalue weighted by Gasteiger charge is 2.26. The fourth-order valence-corrected chi connectivity index (χ4v) is 4.60. The molecular weight excluding hydrogens is 389 g/mol. The molecule has 2 heterocycles. The second-order valence-corrected chi connectivity index (χ2v) is 8.17. The summed E-state index contributed by atoms with van der Waals surface area (Å²) in [6.45, 7) is 4.68. The van der Waals surface area contributed by atoms with E-state index in [-0.39, 0.29) is 17.6 Å². The van der Waals surface area contributed by atoms with Crippen molar-refractivity contribution in [3.05, 3.63) is 53.8 Å². The van der Waals surface area contributed by atoms with Crippen LogP contribution in [0.1, 0.15) is 25.3 Å². The number of piperidine rings is 1. The quantitative estimate of drug-likeness (QED) is 0.652. The van der Waals surface area contributed by atoms with Gasteiger partial charge in [-0.15, -0.1) is 0 Å². The topological polar surface area (TPSA) is 54.5 Å². The predicted octanol–water partition coefficient (Wildman–Crippen LogP) is 4.37. The lowest BCUT2D eigenvalue weighted by Crippen LogP contribution is -2.40. The molecule has 0 aliphatic carbocycles. The molecule has 1 amide bonds. The van der Waals surface area contributed by atoms with Crippen LogP contribution in [0.3, 0.4) is 0 Å². The number of hydrogen-bond acceptors (Lipinski definition) is 5. The number of carbonyl (C=O) groups is 1. The lowest BCUT2D eigenvalue weighted by Gasteiger charge is -2.31. The Bertz CT molecular complexity index is 981. The monoisotopic (exact) mass is 413 g/mol. The molecule has 1 saturated heterocycles. The zero-order chi connectivity index (χ0) is 20.2. The largest absolute Gasteiger partial charge is 0.494 e. The average molecular weight is 414 g/mol. The number of amides is 1. The van der Waals surface area contributed by atoms with E-state index in [0.29, 0.717) is 13.2 Å². The Hall–Kier alpha value is -2.67. The number of hydrogen-bond donors (Lipinski definition) is 1. The van der Waals surface area contributed by atoms with Gasteiger partial charge in [-0.2, -0.15) is 0 Å². The molecule has 1 aliphatic rings. The van der Waals surface area contributed by atoms with Gasteiger partial charge in [0.1, 0.15) is 11.6 Å². The molecule has 0 atom stereocenters. The van der Waals surface area contributed by atoms with E-state index in [1.54, 1.807) is 23.5 Å². The maximum Gasteiger partial charge on any atom is 0.223 e. The van der Waals surface area contributed by atoms with E-state index in [2.05, 4.69) is 10.2 Å². The minimum Gasteiger partial charge on any atom is -0.494 e. The fourth-order valence-electron chi connectivity index (χ4n) is 3.55. The maximum absolute atomic E-state index is 13.0. The molecule has 1 fully saturated rings. The SMILES string of the molecule is CCOc1ccc2nc(N3CCC(C(=O)NCc4ccc(F)cc4)CC3)sc2c1. The Kier molecular flexibility index (Phi) is 5.94. The molecule has 29 heavy (non-hydrogen) atoms.